The van der Waals surface area contributed by atoms with Gasteiger partial charge >= 0.3 is 0 Å². The Morgan fingerprint density at radius 2 is 1.66 bits per heavy atom. The Morgan fingerprint density at radius 1 is 0.868 bits per heavy atom. The van der Waals surface area contributed by atoms with Gasteiger partial charge in [-0.25, -0.2) is 4.98 Å². The monoisotopic (exact) mass is 517 g/mol. The third-order valence-electron chi connectivity index (χ3n) is 7.49. The van der Waals surface area contributed by atoms with Crippen molar-refractivity contribution in [1.82, 2.24) is 4.98 Å². The van der Waals surface area contributed by atoms with E-state index < -0.39 is 0 Å². The van der Waals surface area contributed by atoms with Crippen molar-refractivity contribution in [3.8, 4) is 22.4 Å². The number of hydrogen-bond acceptors (Lipinski definition) is 3. The van der Waals surface area contributed by atoms with Crippen LogP contribution in [0.1, 0.15) is 56.4 Å². The summed E-state index contributed by atoms with van der Waals surface area (Å²) >= 11 is 1.82. The summed E-state index contributed by atoms with van der Waals surface area (Å²) in [7, 11) is 0. The van der Waals surface area contributed by atoms with Gasteiger partial charge in [-0.15, -0.1) is 11.3 Å². The molecule has 0 amide bonds. The lowest BCUT2D eigenvalue weighted by Crippen LogP contribution is -2.12. The smallest absolute Gasteiger partial charge is 0.135 e. The first-order valence-corrected chi connectivity index (χ1v) is 14.4. The van der Waals surface area contributed by atoms with Crippen molar-refractivity contribution in [3.05, 3.63) is 88.5 Å². The standard InChI is InChI=1S/C35H35NOS/c1-20(2)14-28-22(4)37-33-18-24(12-13-27(28)33)29-19-31(36-32-15-21(3)38-34(29)32)25-16-23-10-8-9-11-26(23)30(17-25)35(5,6)7/h8-13,15-20H,14H2,1-7H3. The predicted octanol–water partition coefficient (Wildman–Crippen LogP) is 10.6. The van der Waals surface area contributed by atoms with Crippen LogP contribution in [0.5, 0.6) is 0 Å². The average Bonchev–Trinajstić information content (AvgIpc) is 3.39. The molecule has 6 aromatic rings. The largest absolute Gasteiger partial charge is 0.461 e. The molecular formula is C35H35NOS. The highest BCUT2D eigenvalue weighted by molar-refractivity contribution is 7.19. The summed E-state index contributed by atoms with van der Waals surface area (Å²) in [5, 5.41) is 3.80. The summed E-state index contributed by atoms with van der Waals surface area (Å²) < 4.78 is 7.51. The third kappa shape index (κ3) is 4.33. The highest BCUT2D eigenvalue weighted by Crippen LogP contribution is 2.41. The lowest BCUT2D eigenvalue weighted by Gasteiger charge is -2.23. The van der Waals surface area contributed by atoms with Crippen molar-refractivity contribution in [2.24, 2.45) is 5.92 Å². The number of thiophene rings is 1. The van der Waals surface area contributed by atoms with Gasteiger partial charge in [-0.3, -0.25) is 0 Å². The molecule has 38 heavy (non-hydrogen) atoms. The number of benzene rings is 3. The molecule has 2 nitrogen and oxygen atoms in total. The summed E-state index contributed by atoms with van der Waals surface area (Å²) in [6, 6.07) is 24.6. The van der Waals surface area contributed by atoms with Gasteiger partial charge in [-0.2, -0.15) is 0 Å². The van der Waals surface area contributed by atoms with Crippen molar-refractivity contribution in [3.63, 3.8) is 0 Å². The lowest BCUT2D eigenvalue weighted by molar-refractivity contribution is 0.560. The molecular weight excluding hydrogens is 482 g/mol. The Morgan fingerprint density at radius 3 is 2.42 bits per heavy atom. The lowest BCUT2D eigenvalue weighted by atomic mass is 9.82. The molecule has 0 radical (unpaired) electrons. The van der Waals surface area contributed by atoms with E-state index in [2.05, 4.69) is 115 Å². The number of rotatable bonds is 4. The van der Waals surface area contributed by atoms with E-state index >= 15 is 0 Å². The first kappa shape index (κ1) is 24.9. The molecule has 0 aliphatic rings. The molecule has 0 spiro atoms. The van der Waals surface area contributed by atoms with E-state index in [1.165, 1.54) is 48.0 Å². The molecule has 0 aliphatic carbocycles. The number of aromatic nitrogens is 1. The Balaban J connectivity index is 1.57. The predicted molar refractivity (Wildman–Crippen MR) is 164 cm³/mol. The maximum absolute atomic E-state index is 6.28. The van der Waals surface area contributed by atoms with Crippen LogP contribution in [-0.2, 0) is 11.8 Å². The molecule has 3 heterocycles. The molecule has 3 aromatic carbocycles. The maximum Gasteiger partial charge on any atom is 0.135 e. The number of aryl methyl sites for hydroxylation is 2. The summed E-state index contributed by atoms with van der Waals surface area (Å²) in [5.74, 6) is 1.62. The van der Waals surface area contributed by atoms with Crippen LogP contribution in [0.25, 0.3) is 54.3 Å². The average molecular weight is 518 g/mol. The third-order valence-corrected chi connectivity index (χ3v) is 8.56. The molecule has 3 heteroatoms. The van der Waals surface area contributed by atoms with E-state index in [9.17, 15) is 0 Å². The van der Waals surface area contributed by atoms with Gasteiger partial charge in [0.15, 0.2) is 0 Å². The normalized spacial score (nSPS) is 12.4. The zero-order valence-electron chi connectivity index (χ0n) is 23.4. The van der Waals surface area contributed by atoms with Crippen molar-refractivity contribution in [2.45, 2.75) is 60.3 Å². The van der Waals surface area contributed by atoms with E-state index in [-0.39, 0.29) is 5.41 Å². The summed E-state index contributed by atoms with van der Waals surface area (Å²) in [5.41, 5.74) is 9.30. The second-order valence-corrected chi connectivity index (χ2v) is 13.3. The minimum Gasteiger partial charge on any atom is -0.461 e. The van der Waals surface area contributed by atoms with Gasteiger partial charge in [0, 0.05) is 27.0 Å². The number of hydrogen-bond donors (Lipinski definition) is 0. The fourth-order valence-electron chi connectivity index (χ4n) is 5.68. The molecule has 0 aliphatic heterocycles. The molecule has 6 rings (SSSR count). The maximum atomic E-state index is 6.28. The summed E-state index contributed by atoms with van der Waals surface area (Å²) in [6.45, 7) is 15.7. The molecule has 0 unspecified atom stereocenters. The zero-order chi connectivity index (χ0) is 26.8. The SMILES string of the molecule is Cc1cc2nc(-c3cc(C(C)(C)C)c4ccccc4c3)cc(-c3ccc4c(CC(C)C)c(C)oc4c3)c2s1. The molecule has 0 atom stereocenters. The van der Waals surface area contributed by atoms with Crippen LogP contribution in [0, 0.1) is 19.8 Å². The minimum atomic E-state index is 0.0252. The summed E-state index contributed by atoms with van der Waals surface area (Å²) in [6.07, 6.45) is 1.03. The van der Waals surface area contributed by atoms with Gasteiger partial charge in [0.05, 0.1) is 15.9 Å². The van der Waals surface area contributed by atoms with Crippen LogP contribution in [0.15, 0.2) is 71.1 Å². The van der Waals surface area contributed by atoms with E-state index in [1.54, 1.807) is 0 Å². The van der Waals surface area contributed by atoms with Crippen LogP contribution >= 0.6 is 11.3 Å². The van der Waals surface area contributed by atoms with Crippen molar-refractivity contribution < 1.29 is 4.42 Å². The Hall–Kier alpha value is -3.43. The van der Waals surface area contributed by atoms with E-state index in [4.69, 9.17) is 9.40 Å². The molecule has 3 aromatic heterocycles. The van der Waals surface area contributed by atoms with Crippen molar-refractivity contribution in [2.75, 3.05) is 0 Å². The minimum absolute atomic E-state index is 0.0252. The van der Waals surface area contributed by atoms with E-state index in [0.717, 1.165) is 34.5 Å². The van der Waals surface area contributed by atoms with Gasteiger partial charge in [0.25, 0.3) is 0 Å². The van der Waals surface area contributed by atoms with Crippen LogP contribution in [0.3, 0.4) is 0 Å². The molecule has 192 valence electrons. The van der Waals surface area contributed by atoms with Crippen LogP contribution in [-0.4, -0.2) is 4.98 Å². The molecule has 0 saturated heterocycles. The fourth-order valence-corrected chi connectivity index (χ4v) is 6.67. The second kappa shape index (κ2) is 9.10. The quantitative estimate of drug-likeness (QED) is 0.232. The first-order chi connectivity index (χ1) is 18.1. The van der Waals surface area contributed by atoms with E-state index in [0.29, 0.717) is 5.92 Å². The Kier molecular flexibility index (Phi) is 5.96. The molecule has 0 N–H and O–H groups in total. The number of fused-ring (bicyclic) bond motifs is 3. The highest BCUT2D eigenvalue weighted by Gasteiger charge is 2.20. The molecule has 0 bridgehead atoms. The fraction of sp³-hybridized carbons (Fsp3) is 0.286. The first-order valence-electron chi connectivity index (χ1n) is 13.6. The number of furan rings is 1. The number of pyridine rings is 1. The van der Waals surface area contributed by atoms with Gasteiger partial charge < -0.3 is 4.42 Å². The molecule has 0 fully saturated rings. The highest BCUT2D eigenvalue weighted by atomic mass is 32.1. The topological polar surface area (TPSA) is 26.0 Å². The van der Waals surface area contributed by atoms with Crippen LogP contribution in [0.2, 0.25) is 0 Å². The van der Waals surface area contributed by atoms with Gasteiger partial charge in [-0.1, -0.05) is 71.0 Å². The van der Waals surface area contributed by atoms with Crippen molar-refractivity contribution >= 4 is 43.3 Å². The van der Waals surface area contributed by atoms with Gasteiger partial charge in [0.1, 0.15) is 11.3 Å². The van der Waals surface area contributed by atoms with Gasteiger partial charge in [-0.05, 0) is 83.8 Å². The van der Waals surface area contributed by atoms with Crippen LogP contribution < -0.4 is 0 Å². The zero-order valence-corrected chi connectivity index (χ0v) is 24.2. The second-order valence-electron chi connectivity index (χ2n) is 12.1. The molecule has 0 saturated carbocycles. The Bertz CT molecular complexity index is 1830. The van der Waals surface area contributed by atoms with Gasteiger partial charge in [0.2, 0.25) is 0 Å². The number of nitrogens with zero attached hydrogens (tertiary/aromatic N) is 1. The van der Waals surface area contributed by atoms with E-state index in [1.807, 2.05) is 11.3 Å². The Labute approximate surface area is 229 Å². The van der Waals surface area contributed by atoms with Crippen LogP contribution in [0.4, 0.5) is 0 Å². The summed E-state index contributed by atoms with van der Waals surface area (Å²) in [4.78, 5) is 6.45. The van der Waals surface area contributed by atoms with Crippen molar-refractivity contribution in [1.29, 1.82) is 0 Å².